The highest BCUT2D eigenvalue weighted by Crippen LogP contribution is 2.34. The van der Waals surface area contributed by atoms with Crippen molar-refractivity contribution in [2.45, 2.75) is 6.42 Å². The average Bonchev–Trinajstić information content (AvgIpc) is 2.86. The number of carbonyl (C=O) groups excluding carboxylic acids is 1. The lowest BCUT2D eigenvalue weighted by atomic mass is 10.0. The number of amides is 1. The Morgan fingerprint density at radius 3 is 2.58 bits per heavy atom. The number of hydrogen-bond donors (Lipinski definition) is 2. The van der Waals surface area contributed by atoms with Crippen molar-refractivity contribution in [2.75, 3.05) is 6.54 Å². The molecule has 132 valence electrons. The first-order valence-corrected chi connectivity index (χ1v) is 8.99. The summed E-state index contributed by atoms with van der Waals surface area (Å²) in [6.45, 7) is -0.470. The molecule has 3 rings (SSSR count). The van der Waals surface area contributed by atoms with E-state index in [0.29, 0.717) is 16.9 Å². The van der Waals surface area contributed by atoms with E-state index < -0.39 is 18.4 Å². The first-order valence-electron chi connectivity index (χ1n) is 7.77. The second-order valence-electron chi connectivity index (χ2n) is 5.72. The highest BCUT2D eigenvalue weighted by molar-refractivity contribution is 8.26. The smallest absolute Gasteiger partial charge is 0.323 e. The van der Waals surface area contributed by atoms with Crippen LogP contribution in [-0.2, 0) is 16.0 Å². The standard InChI is InChI=1S/C19H15NO4S2/c21-15-7-6-13(8-12-4-2-1-3-5-12)9-14(15)10-16-18(24)20(11-17(22)23)19(25)26-16/h1-7,9-10,21H,8,11H2,(H,22,23). The molecule has 0 saturated carbocycles. The van der Waals surface area contributed by atoms with Gasteiger partial charge in [-0.25, -0.2) is 0 Å². The van der Waals surface area contributed by atoms with Gasteiger partial charge in [-0.3, -0.25) is 14.5 Å². The van der Waals surface area contributed by atoms with Crippen molar-refractivity contribution in [3.05, 3.63) is 70.1 Å². The van der Waals surface area contributed by atoms with E-state index in [9.17, 15) is 14.7 Å². The minimum atomic E-state index is -1.13. The number of benzene rings is 2. The van der Waals surface area contributed by atoms with E-state index in [1.807, 2.05) is 42.5 Å². The summed E-state index contributed by atoms with van der Waals surface area (Å²) < 4.78 is 0.198. The number of carboxylic acids is 1. The molecule has 1 aliphatic heterocycles. The van der Waals surface area contributed by atoms with Gasteiger partial charge in [-0.1, -0.05) is 60.4 Å². The first kappa shape index (κ1) is 18.2. The maximum Gasteiger partial charge on any atom is 0.323 e. The number of thioether (sulfide) groups is 1. The lowest BCUT2D eigenvalue weighted by Crippen LogP contribution is -2.33. The average molecular weight is 385 g/mol. The zero-order chi connectivity index (χ0) is 18.7. The second-order valence-corrected chi connectivity index (χ2v) is 7.39. The van der Waals surface area contributed by atoms with Crippen LogP contribution in [-0.4, -0.2) is 37.9 Å². The molecule has 26 heavy (non-hydrogen) atoms. The van der Waals surface area contributed by atoms with Crippen molar-refractivity contribution in [1.82, 2.24) is 4.90 Å². The number of hydrogen-bond acceptors (Lipinski definition) is 5. The third-order valence-electron chi connectivity index (χ3n) is 3.80. The van der Waals surface area contributed by atoms with Crippen LogP contribution in [0.4, 0.5) is 0 Å². The van der Waals surface area contributed by atoms with Crippen LogP contribution >= 0.6 is 24.0 Å². The molecular formula is C19H15NO4S2. The lowest BCUT2D eigenvalue weighted by Gasteiger charge is -2.10. The Morgan fingerprint density at radius 1 is 1.15 bits per heavy atom. The number of aromatic hydroxyl groups is 1. The van der Waals surface area contributed by atoms with Crippen LogP contribution in [0.15, 0.2) is 53.4 Å². The van der Waals surface area contributed by atoms with Crippen LogP contribution < -0.4 is 0 Å². The predicted molar refractivity (Wildman–Crippen MR) is 105 cm³/mol. The number of nitrogens with zero attached hydrogens (tertiary/aromatic N) is 1. The normalized spacial score (nSPS) is 15.7. The summed E-state index contributed by atoms with van der Waals surface area (Å²) in [5.74, 6) is -1.55. The molecule has 0 bridgehead atoms. The molecule has 1 aliphatic rings. The molecule has 0 atom stereocenters. The van der Waals surface area contributed by atoms with Gasteiger partial charge >= 0.3 is 5.97 Å². The summed E-state index contributed by atoms with van der Waals surface area (Å²) >= 11 is 6.11. The maximum atomic E-state index is 12.3. The van der Waals surface area contributed by atoms with Crippen molar-refractivity contribution in [3.63, 3.8) is 0 Å². The quantitative estimate of drug-likeness (QED) is 0.608. The Kier molecular flexibility index (Phi) is 5.39. The zero-order valence-electron chi connectivity index (χ0n) is 13.6. The van der Waals surface area contributed by atoms with Gasteiger partial charge in [-0.15, -0.1) is 0 Å². The molecule has 1 heterocycles. The van der Waals surface area contributed by atoms with Gasteiger partial charge in [0.2, 0.25) is 0 Å². The van der Waals surface area contributed by atoms with Crippen LogP contribution in [0.5, 0.6) is 5.75 Å². The highest BCUT2D eigenvalue weighted by atomic mass is 32.2. The molecule has 1 amide bonds. The second kappa shape index (κ2) is 7.72. The minimum Gasteiger partial charge on any atom is -0.507 e. The number of phenolic OH excluding ortho intramolecular Hbond substituents is 1. The number of thiocarbonyl (C=S) groups is 1. The molecule has 5 nitrogen and oxygen atoms in total. The summed E-state index contributed by atoms with van der Waals surface area (Å²) in [7, 11) is 0. The van der Waals surface area contributed by atoms with Crippen LogP contribution in [0.2, 0.25) is 0 Å². The predicted octanol–water partition coefficient (Wildman–Crippen LogP) is 3.27. The van der Waals surface area contributed by atoms with Crippen molar-refractivity contribution in [2.24, 2.45) is 0 Å². The molecule has 0 aliphatic carbocycles. The summed E-state index contributed by atoms with van der Waals surface area (Å²) in [5.41, 5.74) is 2.62. The van der Waals surface area contributed by atoms with E-state index in [4.69, 9.17) is 17.3 Å². The molecule has 2 aromatic carbocycles. The fourth-order valence-corrected chi connectivity index (χ4v) is 3.82. The summed E-state index contributed by atoms with van der Waals surface area (Å²) in [5, 5.41) is 19.0. The number of phenols is 1. The third kappa shape index (κ3) is 4.12. The first-order chi connectivity index (χ1) is 12.4. The molecule has 1 saturated heterocycles. The highest BCUT2D eigenvalue weighted by Gasteiger charge is 2.33. The molecule has 7 heteroatoms. The lowest BCUT2D eigenvalue weighted by molar-refractivity contribution is -0.140. The topological polar surface area (TPSA) is 77.8 Å². The van der Waals surface area contributed by atoms with Gasteiger partial charge in [-0.05, 0) is 35.8 Å². The fraction of sp³-hybridized carbons (Fsp3) is 0.105. The largest absolute Gasteiger partial charge is 0.507 e. The number of rotatable bonds is 5. The Hall–Kier alpha value is -2.64. The number of carboxylic acid groups (broad SMARTS) is 1. The zero-order valence-corrected chi connectivity index (χ0v) is 15.2. The van der Waals surface area contributed by atoms with Crippen LogP contribution in [0.3, 0.4) is 0 Å². The Labute approximate surface area is 160 Å². The van der Waals surface area contributed by atoms with Gasteiger partial charge in [0.25, 0.3) is 5.91 Å². The van der Waals surface area contributed by atoms with E-state index >= 15 is 0 Å². The van der Waals surface area contributed by atoms with E-state index in [1.54, 1.807) is 12.1 Å². The fourth-order valence-electron chi connectivity index (χ4n) is 2.57. The van der Waals surface area contributed by atoms with Gasteiger partial charge in [0.05, 0.1) is 4.91 Å². The molecule has 1 fully saturated rings. The van der Waals surface area contributed by atoms with Gasteiger partial charge in [0.1, 0.15) is 16.6 Å². The van der Waals surface area contributed by atoms with Gasteiger partial charge < -0.3 is 10.2 Å². The molecule has 0 radical (unpaired) electrons. The Morgan fingerprint density at radius 2 is 1.88 bits per heavy atom. The molecule has 2 N–H and O–H groups in total. The molecule has 0 aromatic heterocycles. The molecule has 2 aromatic rings. The van der Waals surface area contributed by atoms with E-state index in [1.165, 1.54) is 0 Å². The molecule has 0 unspecified atom stereocenters. The SMILES string of the molecule is O=C(O)CN1C(=O)C(=Cc2cc(Cc3ccccc3)ccc2O)SC1=S. The third-order valence-corrected chi connectivity index (χ3v) is 5.17. The number of carbonyl (C=O) groups is 2. The Bertz CT molecular complexity index is 909. The Balaban J connectivity index is 1.86. The summed E-state index contributed by atoms with van der Waals surface area (Å²) in [6.07, 6.45) is 2.24. The molecule has 0 spiro atoms. The van der Waals surface area contributed by atoms with Crippen molar-refractivity contribution in [1.29, 1.82) is 0 Å². The van der Waals surface area contributed by atoms with E-state index in [-0.39, 0.29) is 10.1 Å². The van der Waals surface area contributed by atoms with Crippen molar-refractivity contribution < 1.29 is 19.8 Å². The van der Waals surface area contributed by atoms with E-state index in [2.05, 4.69) is 0 Å². The molecular weight excluding hydrogens is 370 g/mol. The van der Waals surface area contributed by atoms with Gasteiger partial charge in [0, 0.05) is 5.56 Å². The van der Waals surface area contributed by atoms with E-state index in [0.717, 1.165) is 27.8 Å². The van der Waals surface area contributed by atoms with Crippen LogP contribution in [0.25, 0.3) is 6.08 Å². The summed E-state index contributed by atoms with van der Waals surface area (Å²) in [6, 6.07) is 15.1. The minimum absolute atomic E-state index is 0.0466. The van der Waals surface area contributed by atoms with Gasteiger partial charge in [0.15, 0.2) is 0 Å². The van der Waals surface area contributed by atoms with Gasteiger partial charge in [-0.2, -0.15) is 0 Å². The number of aliphatic carboxylic acids is 1. The van der Waals surface area contributed by atoms with Crippen LogP contribution in [0, 0.1) is 0 Å². The van der Waals surface area contributed by atoms with Crippen molar-refractivity contribution in [3.8, 4) is 5.75 Å². The monoisotopic (exact) mass is 385 g/mol. The van der Waals surface area contributed by atoms with Crippen molar-refractivity contribution >= 4 is 46.3 Å². The van der Waals surface area contributed by atoms with Crippen LogP contribution in [0.1, 0.15) is 16.7 Å². The summed E-state index contributed by atoms with van der Waals surface area (Å²) in [4.78, 5) is 24.5. The maximum absolute atomic E-state index is 12.3.